The van der Waals surface area contributed by atoms with Crippen molar-refractivity contribution in [2.24, 2.45) is 0 Å². The number of anilines is 2. The van der Waals surface area contributed by atoms with Crippen molar-refractivity contribution in [2.45, 2.75) is 20.8 Å². The van der Waals surface area contributed by atoms with Crippen molar-refractivity contribution in [3.05, 3.63) is 58.9 Å². The normalized spacial score (nSPS) is 10.3. The quantitative estimate of drug-likeness (QED) is 0.897. The molecule has 1 amide bonds. The molecule has 3 nitrogen and oxygen atoms in total. The number of nitrogens with one attached hydrogen (secondary N) is 2. The Morgan fingerprint density at radius 3 is 2.19 bits per heavy atom. The number of carbonyl (C=O) groups is 1. The molecule has 110 valence electrons. The molecular weight excluding hydrogens is 267 g/mol. The third kappa shape index (κ3) is 4.05. The van der Waals surface area contributed by atoms with E-state index in [0.29, 0.717) is 5.69 Å². The second kappa shape index (κ2) is 6.39. The van der Waals surface area contributed by atoms with Gasteiger partial charge in [-0.3, -0.25) is 4.79 Å². The topological polar surface area (TPSA) is 41.1 Å². The summed E-state index contributed by atoms with van der Waals surface area (Å²) >= 11 is 0. The highest BCUT2D eigenvalue weighted by atomic mass is 19.1. The number of amides is 1. The summed E-state index contributed by atoms with van der Waals surface area (Å²) in [7, 11) is 0. The van der Waals surface area contributed by atoms with Gasteiger partial charge in [0.2, 0.25) is 5.91 Å². The van der Waals surface area contributed by atoms with E-state index in [1.165, 1.54) is 17.7 Å². The highest BCUT2D eigenvalue weighted by Gasteiger charge is 2.08. The van der Waals surface area contributed by atoms with Crippen LogP contribution in [0.3, 0.4) is 0 Å². The Hall–Kier alpha value is -2.36. The summed E-state index contributed by atoms with van der Waals surface area (Å²) in [6.07, 6.45) is 0. The van der Waals surface area contributed by atoms with Gasteiger partial charge in [-0.05, 0) is 56.2 Å². The van der Waals surface area contributed by atoms with Crippen molar-refractivity contribution < 1.29 is 9.18 Å². The predicted octanol–water partition coefficient (Wildman–Crippen LogP) is 3.80. The molecule has 0 bridgehead atoms. The van der Waals surface area contributed by atoms with Gasteiger partial charge in [-0.25, -0.2) is 4.39 Å². The van der Waals surface area contributed by atoms with Crippen LogP contribution in [0, 0.1) is 26.6 Å². The first-order valence-electron chi connectivity index (χ1n) is 6.83. The second-order valence-electron chi connectivity index (χ2n) is 5.18. The Bertz CT molecular complexity index is 627. The summed E-state index contributed by atoms with van der Waals surface area (Å²) in [5, 5.41) is 5.88. The Morgan fingerprint density at radius 2 is 1.62 bits per heavy atom. The Kier molecular flexibility index (Phi) is 4.58. The fourth-order valence-corrected chi connectivity index (χ4v) is 2.31. The molecule has 0 saturated heterocycles. The molecule has 21 heavy (non-hydrogen) atoms. The molecular formula is C17H19FN2O. The molecule has 2 aromatic rings. The molecule has 0 aromatic heterocycles. The van der Waals surface area contributed by atoms with Crippen LogP contribution < -0.4 is 10.6 Å². The van der Waals surface area contributed by atoms with Gasteiger partial charge >= 0.3 is 0 Å². The zero-order chi connectivity index (χ0) is 15.4. The summed E-state index contributed by atoms with van der Waals surface area (Å²) in [5.41, 5.74) is 4.83. The lowest BCUT2D eigenvalue weighted by atomic mass is 10.1. The third-order valence-corrected chi connectivity index (χ3v) is 3.24. The van der Waals surface area contributed by atoms with E-state index >= 15 is 0 Å². The van der Waals surface area contributed by atoms with Crippen LogP contribution in [-0.4, -0.2) is 12.5 Å². The molecule has 2 aromatic carbocycles. The minimum Gasteiger partial charge on any atom is -0.376 e. The summed E-state index contributed by atoms with van der Waals surface area (Å²) < 4.78 is 12.8. The van der Waals surface area contributed by atoms with Crippen LogP contribution in [0.15, 0.2) is 36.4 Å². The smallest absolute Gasteiger partial charge is 0.243 e. The lowest BCUT2D eigenvalue weighted by molar-refractivity contribution is -0.114. The van der Waals surface area contributed by atoms with Crippen molar-refractivity contribution in [3.8, 4) is 0 Å². The van der Waals surface area contributed by atoms with Crippen molar-refractivity contribution in [1.29, 1.82) is 0 Å². The van der Waals surface area contributed by atoms with Crippen LogP contribution in [0.4, 0.5) is 15.8 Å². The fraction of sp³-hybridized carbons (Fsp3) is 0.235. The van der Waals surface area contributed by atoms with Gasteiger partial charge in [-0.1, -0.05) is 17.7 Å². The molecule has 0 spiro atoms. The van der Waals surface area contributed by atoms with E-state index < -0.39 is 0 Å². The van der Waals surface area contributed by atoms with Gasteiger partial charge in [0.1, 0.15) is 5.82 Å². The van der Waals surface area contributed by atoms with Gasteiger partial charge in [0, 0.05) is 11.4 Å². The van der Waals surface area contributed by atoms with E-state index in [2.05, 4.69) is 10.6 Å². The summed E-state index contributed by atoms with van der Waals surface area (Å²) in [6, 6.07) is 9.99. The lowest BCUT2D eigenvalue weighted by Gasteiger charge is -2.13. The van der Waals surface area contributed by atoms with Gasteiger partial charge in [0.15, 0.2) is 0 Å². The van der Waals surface area contributed by atoms with E-state index in [1.807, 2.05) is 32.9 Å². The standard InChI is InChI=1S/C17H19FN2O/c1-11-8-12(2)17(13(3)9-11)20-16(21)10-19-15-6-4-14(18)5-7-15/h4-9,19H,10H2,1-3H3,(H,20,21). The van der Waals surface area contributed by atoms with E-state index in [1.54, 1.807) is 12.1 Å². The van der Waals surface area contributed by atoms with Gasteiger partial charge in [-0.2, -0.15) is 0 Å². The zero-order valence-electron chi connectivity index (χ0n) is 12.5. The lowest BCUT2D eigenvalue weighted by Crippen LogP contribution is -2.22. The average molecular weight is 286 g/mol. The minimum absolute atomic E-state index is 0.130. The van der Waals surface area contributed by atoms with Crippen LogP contribution in [0.25, 0.3) is 0 Å². The third-order valence-electron chi connectivity index (χ3n) is 3.24. The predicted molar refractivity (Wildman–Crippen MR) is 84.2 cm³/mol. The Morgan fingerprint density at radius 1 is 1.05 bits per heavy atom. The van der Waals surface area contributed by atoms with Gasteiger partial charge in [0.05, 0.1) is 6.54 Å². The van der Waals surface area contributed by atoms with Crippen molar-refractivity contribution in [2.75, 3.05) is 17.2 Å². The molecule has 0 fully saturated rings. The molecule has 0 aliphatic carbocycles. The number of hydrogen-bond acceptors (Lipinski definition) is 2. The summed E-state index contributed by atoms with van der Waals surface area (Å²) in [5.74, 6) is -0.426. The number of benzene rings is 2. The molecule has 2 N–H and O–H groups in total. The van der Waals surface area contributed by atoms with Gasteiger partial charge in [0.25, 0.3) is 0 Å². The first-order chi connectivity index (χ1) is 9.95. The molecule has 0 aliphatic rings. The second-order valence-corrected chi connectivity index (χ2v) is 5.18. The Balaban J connectivity index is 1.97. The van der Waals surface area contributed by atoms with Gasteiger partial charge in [-0.15, -0.1) is 0 Å². The fourth-order valence-electron chi connectivity index (χ4n) is 2.31. The van der Waals surface area contributed by atoms with Gasteiger partial charge < -0.3 is 10.6 Å². The molecule has 0 radical (unpaired) electrons. The largest absolute Gasteiger partial charge is 0.376 e. The van der Waals surface area contributed by atoms with E-state index in [9.17, 15) is 9.18 Å². The zero-order valence-corrected chi connectivity index (χ0v) is 12.5. The molecule has 0 atom stereocenters. The highest BCUT2D eigenvalue weighted by molar-refractivity contribution is 5.95. The van der Waals surface area contributed by atoms with Crippen molar-refractivity contribution in [1.82, 2.24) is 0 Å². The maximum absolute atomic E-state index is 12.8. The number of hydrogen-bond donors (Lipinski definition) is 2. The number of aryl methyl sites for hydroxylation is 3. The van der Waals surface area contributed by atoms with E-state index in [0.717, 1.165) is 16.8 Å². The maximum Gasteiger partial charge on any atom is 0.243 e. The number of halogens is 1. The highest BCUT2D eigenvalue weighted by Crippen LogP contribution is 2.21. The van der Waals surface area contributed by atoms with E-state index in [-0.39, 0.29) is 18.3 Å². The van der Waals surface area contributed by atoms with Crippen LogP contribution in [0.5, 0.6) is 0 Å². The molecule has 4 heteroatoms. The number of rotatable bonds is 4. The van der Waals surface area contributed by atoms with Crippen LogP contribution in [0.2, 0.25) is 0 Å². The molecule has 0 heterocycles. The maximum atomic E-state index is 12.8. The Labute approximate surface area is 124 Å². The molecule has 0 unspecified atom stereocenters. The summed E-state index contributed by atoms with van der Waals surface area (Å²) in [6.45, 7) is 6.12. The monoisotopic (exact) mass is 286 g/mol. The van der Waals surface area contributed by atoms with Crippen LogP contribution in [-0.2, 0) is 4.79 Å². The summed E-state index contributed by atoms with van der Waals surface area (Å²) in [4.78, 5) is 12.0. The number of carbonyl (C=O) groups excluding carboxylic acids is 1. The van der Waals surface area contributed by atoms with Crippen LogP contribution >= 0.6 is 0 Å². The molecule has 0 aliphatic heterocycles. The van der Waals surface area contributed by atoms with Crippen molar-refractivity contribution >= 4 is 17.3 Å². The first-order valence-corrected chi connectivity index (χ1v) is 6.83. The van der Waals surface area contributed by atoms with E-state index in [4.69, 9.17) is 0 Å². The first kappa shape index (κ1) is 15.0. The molecule has 2 rings (SSSR count). The minimum atomic E-state index is -0.295. The molecule has 0 saturated carbocycles. The van der Waals surface area contributed by atoms with Crippen molar-refractivity contribution in [3.63, 3.8) is 0 Å². The SMILES string of the molecule is Cc1cc(C)c(NC(=O)CNc2ccc(F)cc2)c(C)c1. The average Bonchev–Trinajstić information content (AvgIpc) is 2.42. The van der Waals surface area contributed by atoms with Crippen LogP contribution in [0.1, 0.15) is 16.7 Å².